The molecule has 0 bridgehead atoms. The molecule has 10 heavy (non-hydrogen) atoms. The summed E-state index contributed by atoms with van der Waals surface area (Å²) in [5.74, 6) is 0. The first kappa shape index (κ1) is 6.66. The van der Waals surface area contributed by atoms with Crippen molar-refractivity contribution in [1.29, 1.82) is 0 Å². The molecule has 2 rings (SSSR count). The minimum absolute atomic E-state index is 0.715. The van der Waals surface area contributed by atoms with E-state index in [2.05, 4.69) is 18.9 Å². The highest BCUT2D eigenvalue weighted by Gasteiger charge is 2.47. The van der Waals surface area contributed by atoms with Crippen molar-refractivity contribution in [2.24, 2.45) is 5.41 Å². The second-order valence-corrected chi connectivity index (χ2v) is 4.33. The third-order valence-electron chi connectivity index (χ3n) is 3.42. The van der Waals surface area contributed by atoms with Gasteiger partial charge < -0.3 is 4.90 Å². The molecule has 0 N–H and O–H groups in total. The van der Waals surface area contributed by atoms with Gasteiger partial charge in [0, 0.05) is 12.6 Å². The molecule has 2 unspecified atom stereocenters. The predicted molar refractivity (Wildman–Crippen MR) is 43.0 cm³/mol. The van der Waals surface area contributed by atoms with Gasteiger partial charge in [0.05, 0.1) is 0 Å². The van der Waals surface area contributed by atoms with Crippen LogP contribution >= 0.6 is 0 Å². The lowest BCUT2D eigenvalue weighted by Crippen LogP contribution is -2.62. The van der Waals surface area contributed by atoms with Gasteiger partial charge in [0.15, 0.2) is 0 Å². The second kappa shape index (κ2) is 1.97. The van der Waals surface area contributed by atoms with E-state index in [0.717, 1.165) is 6.04 Å². The van der Waals surface area contributed by atoms with Crippen LogP contribution in [0.3, 0.4) is 0 Å². The monoisotopic (exact) mass is 139 g/mol. The molecule has 1 saturated carbocycles. The zero-order valence-electron chi connectivity index (χ0n) is 7.06. The first-order valence-electron chi connectivity index (χ1n) is 4.43. The summed E-state index contributed by atoms with van der Waals surface area (Å²) in [6.07, 6.45) is 5.86. The van der Waals surface area contributed by atoms with E-state index in [1.165, 1.54) is 32.2 Å². The zero-order chi connectivity index (χ0) is 7.19. The fourth-order valence-corrected chi connectivity index (χ4v) is 2.89. The molecule has 1 nitrogen and oxygen atoms in total. The topological polar surface area (TPSA) is 3.24 Å². The van der Waals surface area contributed by atoms with Crippen LogP contribution in [-0.2, 0) is 0 Å². The van der Waals surface area contributed by atoms with E-state index in [-0.39, 0.29) is 0 Å². The van der Waals surface area contributed by atoms with Crippen molar-refractivity contribution in [1.82, 2.24) is 4.90 Å². The smallest absolute Gasteiger partial charge is 0.0158 e. The average molecular weight is 139 g/mol. The van der Waals surface area contributed by atoms with Gasteiger partial charge in [0.1, 0.15) is 0 Å². The van der Waals surface area contributed by atoms with Crippen LogP contribution in [-0.4, -0.2) is 24.5 Å². The fourth-order valence-electron chi connectivity index (χ4n) is 2.89. The lowest BCUT2D eigenvalue weighted by atomic mass is 9.65. The number of hydrogen-bond donors (Lipinski definition) is 0. The van der Waals surface area contributed by atoms with Gasteiger partial charge in [0.2, 0.25) is 0 Å². The molecule has 2 aliphatic rings. The largest absolute Gasteiger partial charge is 0.302 e. The summed E-state index contributed by atoms with van der Waals surface area (Å²) in [6, 6.07) is 0.932. The Morgan fingerprint density at radius 3 is 2.70 bits per heavy atom. The molecule has 0 amide bonds. The lowest BCUT2D eigenvalue weighted by molar-refractivity contribution is -0.0720. The highest BCUT2D eigenvalue weighted by molar-refractivity contribution is 5.01. The second-order valence-electron chi connectivity index (χ2n) is 4.33. The van der Waals surface area contributed by atoms with Crippen molar-refractivity contribution in [3.63, 3.8) is 0 Å². The maximum absolute atomic E-state index is 2.51. The maximum atomic E-state index is 2.51. The summed E-state index contributed by atoms with van der Waals surface area (Å²) in [5, 5.41) is 0. The highest BCUT2D eigenvalue weighted by atomic mass is 15.2. The Bertz CT molecular complexity index is 140. The van der Waals surface area contributed by atoms with Crippen LogP contribution in [0.1, 0.15) is 32.6 Å². The molecule has 1 aliphatic heterocycles. The van der Waals surface area contributed by atoms with E-state index >= 15 is 0 Å². The van der Waals surface area contributed by atoms with Gasteiger partial charge in [-0.05, 0) is 25.3 Å². The van der Waals surface area contributed by atoms with E-state index in [4.69, 9.17) is 0 Å². The minimum Gasteiger partial charge on any atom is -0.302 e. The van der Waals surface area contributed by atoms with E-state index in [1.807, 2.05) is 0 Å². The van der Waals surface area contributed by atoms with Crippen LogP contribution in [0.4, 0.5) is 0 Å². The molecule has 1 aliphatic carbocycles. The van der Waals surface area contributed by atoms with Gasteiger partial charge in [-0.2, -0.15) is 0 Å². The number of rotatable bonds is 0. The third-order valence-corrected chi connectivity index (χ3v) is 3.42. The van der Waals surface area contributed by atoms with Crippen molar-refractivity contribution in [3.8, 4) is 0 Å². The van der Waals surface area contributed by atoms with Crippen LogP contribution in [0.25, 0.3) is 0 Å². The van der Waals surface area contributed by atoms with Gasteiger partial charge in [-0.3, -0.25) is 0 Å². The minimum atomic E-state index is 0.715. The van der Waals surface area contributed by atoms with Gasteiger partial charge in [-0.15, -0.1) is 0 Å². The SMILES string of the molecule is CN1CC2(C)CCCCC12. The Balaban J connectivity index is 2.06. The Morgan fingerprint density at radius 1 is 1.40 bits per heavy atom. The Morgan fingerprint density at radius 2 is 2.20 bits per heavy atom. The van der Waals surface area contributed by atoms with Crippen molar-refractivity contribution in [3.05, 3.63) is 0 Å². The fraction of sp³-hybridized carbons (Fsp3) is 1.00. The maximum Gasteiger partial charge on any atom is 0.0158 e. The van der Waals surface area contributed by atoms with Crippen molar-refractivity contribution in [2.45, 2.75) is 38.6 Å². The number of hydrogen-bond acceptors (Lipinski definition) is 1. The molecular weight excluding hydrogens is 122 g/mol. The molecule has 0 aromatic rings. The summed E-state index contributed by atoms with van der Waals surface area (Å²) in [5.41, 5.74) is 0.715. The van der Waals surface area contributed by atoms with Gasteiger partial charge in [0.25, 0.3) is 0 Å². The summed E-state index contributed by atoms with van der Waals surface area (Å²) >= 11 is 0. The average Bonchev–Trinajstić information content (AvgIpc) is 1.86. The van der Waals surface area contributed by atoms with E-state index in [9.17, 15) is 0 Å². The van der Waals surface area contributed by atoms with E-state index in [1.54, 1.807) is 0 Å². The molecule has 1 heterocycles. The molecule has 2 atom stereocenters. The summed E-state index contributed by atoms with van der Waals surface area (Å²) in [4.78, 5) is 2.51. The summed E-state index contributed by atoms with van der Waals surface area (Å²) in [6.45, 7) is 3.80. The van der Waals surface area contributed by atoms with E-state index < -0.39 is 0 Å². The Hall–Kier alpha value is -0.0400. The standard InChI is InChI=1S/C9H17N/c1-9-6-4-3-5-8(9)10(2)7-9/h8H,3-7H2,1-2H3. The quantitative estimate of drug-likeness (QED) is 0.495. The van der Waals surface area contributed by atoms with Crippen LogP contribution in [0.2, 0.25) is 0 Å². The summed E-state index contributed by atoms with van der Waals surface area (Å²) < 4.78 is 0. The number of fused-ring (bicyclic) bond motifs is 1. The Labute approximate surface area is 63.4 Å². The van der Waals surface area contributed by atoms with E-state index in [0.29, 0.717) is 5.41 Å². The molecular formula is C9H17N. The van der Waals surface area contributed by atoms with Crippen LogP contribution in [0.15, 0.2) is 0 Å². The molecule has 2 fully saturated rings. The van der Waals surface area contributed by atoms with Gasteiger partial charge in [-0.25, -0.2) is 0 Å². The molecule has 58 valence electrons. The van der Waals surface area contributed by atoms with Gasteiger partial charge >= 0.3 is 0 Å². The highest BCUT2D eigenvalue weighted by Crippen LogP contribution is 2.46. The Kier molecular flexibility index (Phi) is 1.31. The lowest BCUT2D eigenvalue weighted by Gasteiger charge is -2.57. The van der Waals surface area contributed by atoms with Crippen LogP contribution in [0, 0.1) is 5.41 Å². The molecule has 1 heteroatoms. The normalized spacial score (nSPS) is 48.0. The third kappa shape index (κ3) is 0.731. The zero-order valence-corrected chi connectivity index (χ0v) is 7.06. The van der Waals surface area contributed by atoms with Crippen molar-refractivity contribution in [2.75, 3.05) is 13.6 Å². The predicted octanol–water partition coefficient (Wildman–Crippen LogP) is 1.88. The van der Waals surface area contributed by atoms with Crippen molar-refractivity contribution >= 4 is 0 Å². The molecule has 0 aromatic carbocycles. The molecule has 0 spiro atoms. The molecule has 1 saturated heterocycles. The first-order valence-corrected chi connectivity index (χ1v) is 4.43. The molecule has 0 aromatic heterocycles. The van der Waals surface area contributed by atoms with Crippen molar-refractivity contribution < 1.29 is 0 Å². The van der Waals surface area contributed by atoms with Gasteiger partial charge in [-0.1, -0.05) is 19.8 Å². The van der Waals surface area contributed by atoms with Crippen LogP contribution in [0.5, 0.6) is 0 Å². The summed E-state index contributed by atoms with van der Waals surface area (Å²) in [7, 11) is 2.26. The van der Waals surface area contributed by atoms with Crippen LogP contribution < -0.4 is 0 Å². The number of nitrogens with zero attached hydrogens (tertiary/aromatic N) is 1. The number of likely N-dealkylation sites (tertiary alicyclic amines) is 1. The first-order chi connectivity index (χ1) is 4.72. The molecule has 0 radical (unpaired) electrons.